The number of benzene rings is 16. The smallest absolute Gasteiger partial charge is 0.0562 e. The minimum Gasteiger partial charge on any atom is -0.309 e. The van der Waals surface area contributed by atoms with Crippen LogP contribution in [0.3, 0.4) is 0 Å². The van der Waals surface area contributed by atoms with Gasteiger partial charge >= 0.3 is 0 Å². The number of hydrogen-bond acceptors (Lipinski definition) is 2. The largest absolute Gasteiger partial charge is 0.309 e. The monoisotopic (exact) mass is 1330 g/mol. The maximum atomic E-state index is 2.48. The number of nitrogens with zero attached hydrogens (tertiary/aromatic N) is 4. The third-order valence-electron chi connectivity index (χ3n) is 21.0. The molecule has 0 N–H and O–H groups in total. The van der Waals surface area contributed by atoms with Gasteiger partial charge in [0.25, 0.3) is 0 Å². The second-order valence-electron chi connectivity index (χ2n) is 26.7. The van der Waals surface area contributed by atoms with Crippen molar-refractivity contribution in [1.82, 2.24) is 18.3 Å². The van der Waals surface area contributed by atoms with Gasteiger partial charge in [-0.2, -0.15) is 0 Å². The van der Waals surface area contributed by atoms with Gasteiger partial charge in [0.2, 0.25) is 0 Å². The molecule has 0 bridgehead atoms. The molecular formula is C96H60N4S2. The van der Waals surface area contributed by atoms with Gasteiger partial charge in [-0.25, -0.2) is 0 Å². The van der Waals surface area contributed by atoms with Gasteiger partial charge in [0.15, 0.2) is 0 Å². The predicted molar refractivity (Wildman–Crippen MR) is 438 cm³/mol. The summed E-state index contributed by atoms with van der Waals surface area (Å²) in [5.41, 5.74) is 24.0. The van der Waals surface area contributed by atoms with E-state index in [9.17, 15) is 0 Å². The Morgan fingerprint density at radius 1 is 0.157 bits per heavy atom. The Bertz CT molecular complexity index is 7020. The highest BCUT2D eigenvalue weighted by atomic mass is 32.1. The highest BCUT2D eigenvalue weighted by molar-refractivity contribution is 7.27. The van der Waals surface area contributed by atoms with Crippen molar-refractivity contribution in [2.75, 3.05) is 0 Å². The normalized spacial score (nSPS) is 11.9. The first-order valence-corrected chi connectivity index (χ1v) is 36.5. The molecule has 0 saturated carbocycles. The standard InChI is InChI=1S/2C48H30N2S/c1-4-14-31(15-5-1)33-26-34(32-16-6-2-7-17-32)28-36(27-33)50-42-22-12-10-20-37(42)40-29-41-45(30-44(40)50)49(35-18-8-3-9-19-35)43-25-24-39-38-21-11-13-23-46(38)51-48(39)47(41)43;1-3-12-31(13-4-1)32-22-24-33(25-23-32)34-14-11-17-36(28-34)50-42-20-9-7-18-37(42)40-29-41-45(30-44(40)50)49(35-15-5-2-6-16-35)43-27-26-39-38-19-8-10-21-46(38)51-48(39)47(41)43/h2*1-30H. The predicted octanol–water partition coefficient (Wildman–Crippen LogP) is 27.2. The SMILES string of the molecule is c1ccc(-c2cc(-c3ccccc3)cc(-n3c4ccccc4c4cc5c6c7sc8ccccc8c7ccc6n(-c6ccccc6)c5cc43)c2)cc1.c1ccc(-c2ccc(-c3cccc(-n4c5ccccc5c5cc6c7c8sc9ccccc9c8ccc7n(-c7ccccc7)c6cc54)c3)cc2)cc1. The Kier molecular flexibility index (Phi) is 13.3. The van der Waals surface area contributed by atoms with E-state index in [-0.39, 0.29) is 0 Å². The number of aromatic nitrogens is 4. The molecule has 4 nitrogen and oxygen atoms in total. The third kappa shape index (κ3) is 9.20. The van der Waals surface area contributed by atoms with E-state index in [1.165, 1.54) is 178 Å². The molecule has 0 aliphatic heterocycles. The van der Waals surface area contributed by atoms with E-state index in [0.717, 1.165) is 17.1 Å². The molecular weight excluding hydrogens is 1270 g/mol. The Labute approximate surface area is 595 Å². The van der Waals surface area contributed by atoms with E-state index in [4.69, 9.17) is 0 Å². The molecule has 22 rings (SSSR count). The van der Waals surface area contributed by atoms with Crippen molar-refractivity contribution in [1.29, 1.82) is 0 Å². The highest BCUT2D eigenvalue weighted by Gasteiger charge is 2.25. The van der Waals surface area contributed by atoms with Crippen LogP contribution in [0, 0.1) is 0 Å². The molecule has 0 unspecified atom stereocenters. The number of para-hydroxylation sites is 4. The van der Waals surface area contributed by atoms with Crippen LogP contribution in [0.2, 0.25) is 0 Å². The van der Waals surface area contributed by atoms with Crippen LogP contribution in [0.15, 0.2) is 364 Å². The van der Waals surface area contributed by atoms with Crippen LogP contribution in [-0.2, 0) is 0 Å². The minimum atomic E-state index is 1.15. The molecule has 0 spiro atoms. The van der Waals surface area contributed by atoms with E-state index in [1.54, 1.807) is 0 Å². The van der Waals surface area contributed by atoms with E-state index < -0.39 is 0 Å². The molecule has 0 saturated heterocycles. The summed E-state index contributed by atoms with van der Waals surface area (Å²) in [6.45, 7) is 0. The zero-order valence-corrected chi connectivity index (χ0v) is 56.9. The van der Waals surface area contributed by atoms with Crippen LogP contribution in [0.4, 0.5) is 0 Å². The molecule has 0 fully saturated rings. The van der Waals surface area contributed by atoms with Gasteiger partial charge in [0, 0.05) is 106 Å². The molecule has 0 radical (unpaired) electrons. The fourth-order valence-electron chi connectivity index (χ4n) is 16.4. The van der Waals surface area contributed by atoms with E-state index in [0.29, 0.717) is 0 Å². The van der Waals surface area contributed by atoms with Crippen molar-refractivity contribution in [2.24, 2.45) is 0 Å². The van der Waals surface area contributed by atoms with E-state index in [2.05, 4.69) is 382 Å². The molecule has 16 aromatic carbocycles. The molecule has 0 aliphatic carbocycles. The van der Waals surface area contributed by atoms with Crippen LogP contribution in [0.1, 0.15) is 0 Å². The van der Waals surface area contributed by atoms with Crippen molar-refractivity contribution in [3.05, 3.63) is 364 Å². The zero-order valence-electron chi connectivity index (χ0n) is 55.2. The van der Waals surface area contributed by atoms with Crippen LogP contribution in [0.25, 0.3) is 195 Å². The summed E-state index contributed by atoms with van der Waals surface area (Å²) in [4.78, 5) is 0. The van der Waals surface area contributed by atoms with Gasteiger partial charge < -0.3 is 18.3 Å². The fourth-order valence-corrected chi connectivity index (χ4v) is 18.9. The molecule has 0 aliphatic rings. The lowest BCUT2D eigenvalue weighted by molar-refractivity contribution is 1.16. The van der Waals surface area contributed by atoms with Gasteiger partial charge in [-0.3, -0.25) is 0 Å². The second kappa shape index (κ2) is 23.4. The van der Waals surface area contributed by atoms with Crippen LogP contribution >= 0.6 is 22.7 Å². The molecule has 0 atom stereocenters. The van der Waals surface area contributed by atoms with Crippen molar-refractivity contribution >= 4 is 150 Å². The molecule has 0 amide bonds. The Hall–Kier alpha value is -12.8. The molecule has 102 heavy (non-hydrogen) atoms. The molecule has 6 heteroatoms. The van der Waals surface area contributed by atoms with Crippen LogP contribution in [-0.4, -0.2) is 18.3 Å². The third-order valence-corrected chi connectivity index (χ3v) is 23.4. The van der Waals surface area contributed by atoms with Gasteiger partial charge in [-0.15, -0.1) is 22.7 Å². The molecule has 6 heterocycles. The van der Waals surface area contributed by atoms with Crippen LogP contribution in [0.5, 0.6) is 0 Å². The lowest BCUT2D eigenvalue weighted by Gasteiger charge is -2.14. The first-order valence-electron chi connectivity index (χ1n) is 34.9. The van der Waals surface area contributed by atoms with E-state index in [1.807, 2.05) is 22.7 Å². The first kappa shape index (κ1) is 58.2. The summed E-state index contributed by atoms with van der Waals surface area (Å²) in [7, 11) is 0. The van der Waals surface area contributed by atoms with Gasteiger partial charge in [-0.1, -0.05) is 249 Å². The molecule has 6 aromatic heterocycles. The Morgan fingerprint density at radius 3 is 0.961 bits per heavy atom. The summed E-state index contributed by atoms with van der Waals surface area (Å²) < 4.78 is 15.2. The quantitative estimate of drug-likeness (QED) is 0.144. The van der Waals surface area contributed by atoms with Crippen molar-refractivity contribution < 1.29 is 0 Å². The topological polar surface area (TPSA) is 19.7 Å². The average Bonchev–Trinajstić information content (AvgIpc) is 1.55. The molecule has 476 valence electrons. The number of thiophene rings is 2. The summed E-state index contributed by atoms with van der Waals surface area (Å²) in [6.07, 6.45) is 0. The minimum absolute atomic E-state index is 1.15. The van der Waals surface area contributed by atoms with Crippen molar-refractivity contribution in [3.8, 4) is 67.3 Å². The Morgan fingerprint density at radius 2 is 0.490 bits per heavy atom. The number of fused-ring (bicyclic) bond motifs is 20. The lowest BCUT2D eigenvalue weighted by atomic mass is 9.98. The second-order valence-corrected chi connectivity index (χ2v) is 28.8. The van der Waals surface area contributed by atoms with Gasteiger partial charge in [-0.05, 0) is 160 Å². The first-order chi connectivity index (χ1) is 50.6. The van der Waals surface area contributed by atoms with Gasteiger partial charge in [0.1, 0.15) is 0 Å². The summed E-state index contributed by atoms with van der Waals surface area (Å²) in [5.74, 6) is 0. The van der Waals surface area contributed by atoms with Crippen molar-refractivity contribution in [3.63, 3.8) is 0 Å². The van der Waals surface area contributed by atoms with E-state index >= 15 is 0 Å². The summed E-state index contributed by atoms with van der Waals surface area (Å²) in [6, 6.07) is 133. The van der Waals surface area contributed by atoms with Gasteiger partial charge in [0.05, 0.1) is 44.1 Å². The van der Waals surface area contributed by atoms with Crippen molar-refractivity contribution in [2.45, 2.75) is 0 Å². The fraction of sp³-hybridized carbons (Fsp3) is 0. The number of hydrogen-bond donors (Lipinski definition) is 0. The molecule has 22 aromatic rings. The highest BCUT2D eigenvalue weighted by Crippen LogP contribution is 2.49. The summed E-state index contributed by atoms with van der Waals surface area (Å²) >= 11 is 3.81. The maximum Gasteiger partial charge on any atom is 0.0562 e. The van der Waals surface area contributed by atoms with Crippen LogP contribution < -0.4 is 0 Å². The zero-order chi connectivity index (χ0) is 66.9. The lowest BCUT2D eigenvalue weighted by Crippen LogP contribution is -1.97. The summed E-state index contributed by atoms with van der Waals surface area (Å²) in [5, 5.41) is 15.6. The Balaban J connectivity index is 0.000000133. The number of rotatable bonds is 8. The maximum absolute atomic E-state index is 2.48. The average molecular weight is 1330 g/mol.